The Hall–Kier alpha value is -1.73. The summed E-state index contributed by atoms with van der Waals surface area (Å²) >= 11 is 6.06. The molecule has 4 nitrogen and oxygen atoms in total. The third-order valence-electron chi connectivity index (χ3n) is 3.00. The number of carboxylic acids is 1. The van der Waals surface area contributed by atoms with E-state index in [1.165, 1.54) is 18.2 Å². The fourth-order valence-corrected chi connectivity index (χ4v) is 3.30. The Balaban J connectivity index is 2.34. The number of aliphatic carboxylic acids is 1. The Morgan fingerprint density at radius 2 is 2.19 bits per heavy atom. The number of thiocarbonyl (C=S) groups is 1. The molecule has 21 heavy (non-hydrogen) atoms. The van der Waals surface area contributed by atoms with Crippen molar-refractivity contribution in [1.29, 1.82) is 0 Å². The second-order valence-corrected chi connectivity index (χ2v) is 6.01. The maximum Gasteiger partial charge on any atom is 0.326 e. The van der Waals surface area contributed by atoms with Gasteiger partial charge in [-0.25, -0.2) is 9.18 Å². The lowest BCUT2D eigenvalue weighted by molar-refractivity contribution is -0.145. The summed E-state index contributed by atoms with van der Waals surface area (Å²) in [5, 5.41) is 9.15. The minimum absolute atomic E-state index is 0.178. The van der Waals surface area contributed by atoms with E-state index in [0.717, 1.165) is 16.7 Å². The smallest absolute Gasteiger partial charge is 0.326 e. The predicted molar refractivity (Wildman–Crippen MR) is 83.1 cm³/mol. The Morgan fingerprint density at radius 1 is 1.52 bits per heavy atom. The van der Waals surface area contributed by atoms with Crippen molar-refractivity contribution in [3.8, 4) is 0 Å². The van der Waals surface area contributed by atoms with Crippen molar-refractivity contribution in [3.63, 3.8) is 0 Å². The Morgan fingerprint density at radius 3 is 2.76 bits per heavy atom. The number of nitrogens with zero attached hydrogens (tertiary/aromatic N) is 1. The molecule has 1 atom stereocenters. The van der Waals surface area contributed by atoms with Crippen LogP contribution in [-0.4, -0.2) is 32.2 Å². The number of benzene rings is 1. The monoisotopic (exact) mass is 325 g/mol. The average Bonchev–Trinajstić information content (AvgIpc) is 2.70. The minimum Gasteiger partial charge on any atom is -0.480 e. The van der Waals surface area contributed by atoms with Gasteiger partial charge in [-0.1, -0.05) is 49.1 Å². The van der Waals surface area contributed by atoms with Crippen molar-refractivity contribution in [3.05, 3.63) is 40.6 Å². The van der Waals surface area contributed by atoms with Gasteiger partial charge in [0.05, 0.1) is 4.91 Å². The molecule has 1 aromatic rings. The van der Waals surface area contributed by atoms with Crippen molar-refractivity contribution in [2.45, 2.75) is 19.4 Å². The van der Waals surface area contributed by atoms with E-state index in [-0.39, 0.29) is 21.2 Å². The van der Waals surface area contributed by atoms with Crippen LogP contribution in [0.5, 0.6) is 0 Å². The maximum atomic E-state index is 13.6. The number of amides is 1. The zero-order valence-corrected chi connectivity index (χ0v) is 12.7. The summed E-state index contributed by atoms with van der Waals surface area (Å²) in [5.74, 6) is -2.06. The van der Waals surface area contributed by atoms with E-state index in [0.29, 0.717) is 0 Å². The molecule has 1 saturated heterocycles. The molecule has 1 amide bonds. The number of rotatable bonds is 4. The molecule has 0 bridgehead atoms. The zero-order valence-electron chi connectivity index (χ0n) is 11.1. The van der Waals surface area contributed by atoms with Crippen molar-refractivity contribution in [1.82, 2.24) is 4.90 Å². The fraction of sp³-hybridized carbons (Fsp3) is 0.214. The van der Waals surface area contributed by atoms with Crippen LogP contribution in [-0.2, 0) is 9.59 Å². The zero-order chi connectivity index (χ0) is 15.6. The molecule has 1 unspecified atom stereocenters. The highest BCUT2D eigenvalue weighted by Gasteiger charge is 2.39. The van der Waals surface area contributed by atoms with Crippen LogP contribution in [0.25, 0.3) is 6.08 Å². The van der Waals surface area contributed by atoms with Crippen molar-refractivity contribution in [2.75, 3.05) is 0 Å². The average molecular weight is 325 g/mol. The molecule has 0 spiro atoms. The molecule has 0 saturated carbocycles. The van der Waals surface area contributed by atoms with Gasteiger partial charge in [-0.3, -0.25) is 9.69 Å². The van der Waals surface area contributed by atoms with E-state index >= 15 is 0 Å². The number of carbonyl (C=O) groups is 2. The van der Waals surface area contributed by atoms with E-state index < -0.39 is 23.7 Å². The lowest BCUT2D eigenvalue weighted by Gasteiger charge is -2.21. The first-order valence-electron chi connectivity index (χ1n) is 6.20. The highest BCUT2D eigenvalue weighted by atomic mass is 32.2. The first kappa shape index (κ1) is 15.7. The number of halogens is 1. The van der Waals surface area contributed by atoms with Crippen LogP contribution in [0.15, 0.2) is 29.2 Å². The molecule has 0 aromatic heterocycles. The van der Waals surface area contributed by atoms with Gasteiger partial charge in [-0.15, -0.1) is 0 Å². The summed E-state index contributed by atoms with van der Waals surface area (Å²) in [7, 11) is 0. The first-order chi connectivity index (χ1) is 9.95. The topological polar surface area (TPSA) is 57.6 Å². The molecule has 1 aliphatic heterocycles. The number of hydrogen-bond donors (Lipinski definition) is 1. The number of hydrogen-bond acceptors (Lipinski definition) is 4. The van der Waals surface area contributed by atoms with E-state index in [1.54, 1.807) is 19.1 Å². The van der Waals surface area contributed by atoms with Gasteiger partial charge in [0.1, 0.15) is 16.2 Å². The molecule has 0 aliphatic carbocycles. The van der Waals surface area contributed by atoms with Crippen LogP contribution < -0.4 is 0 Å². The molecule has 2 rings (SSSR count). The molecule has 0 radical (unpaired) electrons. The predicted octanol–water partition coefficient (Wildman–Crippen LogP) is 2.89. The summed E-state index contributed by atoms with van der Waals surface area (Å²) in [5.41, 5.74) is 0.265. The molecule has 7 heteroatoms. The second-order valence-electron chi connectivity index (χ2n) is 4.34. The minimum atomic E-state index is -1.11. The summed E-state index contributed by atoms with van der Waals surface area (Å²) in [6, 6.07) is 5.04. The Labute approximate surface area is 130 Å². The third-order valence-corrected chi connectivity index (χ3v) is 4.33. The normalized spacial score (nSPS) is 18.4. The van der Waals surface area contributed by atoms with Crippen LogP contribution in [0.1, 0.15) is 18.9 Å². The quantitative estimate of drug-likeness (QED) is 0.681. The van der Waals surface area contributed by atoms with Crippen molar-refractivity contribution in [2.24, 2.45) is 0 Å². The standard InChI is InChI=1S/C14H12FNO3S2/c1-2-10(13(18)19)16-12(17)11(21-14(16)20)7-8-5-3-4-6-9(8)15/h3-7,10H,2H2,1H3,(H,18,19)/b11-7-. The lowest BCUT2D eigenvalue weighted by Crippen LogP contribution is -2.43. The molecule has 110 valence electrons. The van der Waals surface area contributed by atoms with Gasteiger partial charge in [0.2, 0.25) is 0 Å². The van der Waals surface area contributed by atoms with Crippen molar-refractivity contribution >= 4 is 46.3 Å². The number of carboxylic acid groups (broad SMARTS) is 1. The van der Waals surface area contributed by atoms with E-state index in [9.17, 15) is 14.0 Å². The third kappa shape index (κ3) is 3.14. The van der Waals surface area contributed by atoms with Crippen LogP contribution in [0.3, 0.4) is 0 Å². The summed E-state index contributed by atoms with van der Waals surface area (Å²) in [4.78, 5) is 24.8. The fourth-order valence-electron chi connectivity index (χ4n) is 1.95. The highest BCUT2D eigenvalue weighted by molar-refractivity contribution is 8.26. The van der Waals surface area contributed by atoms with Crippen LogP contribution in [0.4, 0.5) is 4.39 Å². The first-order valence-corrected chi connectivity index (χ1v) is 7.42. The number of thioether (sulfide) groups is 1. The van der Waals surface area contributed by atoms with Gasteiger partial charge >= 0.3 is 5.97 Å². The van der Waals surface area contributed by atoms with Gasteiger partial charge < -0.3 is 5.11 Å². The molecule has 1 N–H and O–H groups in total. The molecule has 1 heterocycles. The molecule has 1 aromatic carbocycles. The van der Waals surface area contributed by atoms with E-state index in [1.807, 2.05) is 0 Å². The molecular weight excluding hydrogens is 313 g/mol. The number of carbonyl (C=O) groups excluding carboxylic acids is 1. The van der Waals surface area contributed by atoms with Crippen LogP contribution in [0, 0.1) is 5.82 Å². The summed E-state index contributed by atoms with van der Waals surface area (Å²) in [6.45, 7) is 1.66. The molecule has 1 aliphatic rings. The summed E-state index contributed by atoms with van der Waals surface area (Å²) < 4.78 is 13.8. The van der Waals surface area contributed by atoms with Gasteiger partial charge in [0.25, 0.3) is 5.91 Å². The highest BCUT2D eigenvalue weighted by Crippen LogP contribution is 2.34. The maximum absolute atomic E-state index is 13.6. The van der Waals surface area contributed by atoms with E-state index in [2.05, 4.69) is 0 Å². The summed E-state index contributed by atoms with van der Waals surface area (Å²) in [6.07, 6.45) is 1.64. The SMILES string of the molecule is CCC(C(=O)O)N1C(=O)/C(=C/c2ccccc2F)SC1=S. The van der Waals surface area contributed by atoms with E-state index in [4.69, 9.17) is 17.3 Å². The van der Waals surface area contributed by atoms with Gasteiger partial charge in [0.15, 0.2) is 0 Å². The van der Waals surface area contributed by atoms with Gasteiger partial charge in [-0.05, 0) is 18.6 Å². The van der Waals surface area contributed by atoms with Gasteiger partial charge in [0, 0.05) is 5.56 Å². The Bertz CT molecular complexity index is 645. The second kappa shape index (κ2) is 6.36. The van der Waals surface area contributed by atoms with Crippen LogP contribution in [0.2, 0.25) is 0 Å². The van der Waals surface area contributed by atoms with Crippen molar-refractivity contribution < 1.29 is 19.1 Å². The van der Waals surface area contributed by atoms with Gasteiger partial charge in [-0.2, -0.15) is 0 Å². The largest absolute Gasteiger partial charge is 0.480 e. The molecular formula is C14H12FNO3S2. The Kier molecular flexibility index (Phi) is 4.74. The van der Waals surface area contributed by atoms with Crippen LogP contribution >= 0.6 is 24.0 Å². The molecule has 1 fully saturated rings. The lowest BCUT2D eigenvalue weighted by atomic mass is 10.1.